The summed E-state index contributed by atoms with van der Waals surface area (Å²) in [5.41, 5.74) is 7.59. The molecular weight excluding hydrogens is 210 g/mol. The van der Waals surface area contributed by atoms with Gasteiger partial charge in [0, 0.05) is 0 Å². The summed E-state index contributed by atoms with van der Waals surface area (Å²) in [6.07, 6.45) is 6.01. The zero-order chi connectivity index (χ0) is 13.1. The number of nitrogen functional groups attached to an aromatic ring is 1. The molecule has 0 aliphatic heterocycles. The summed E-state index contributed by atoms with van der Waals surface area (Å²) in [6, 6.07) is 7.51. The minimum atomic E-state index is 0.568. The van der Waals surface area contributed by atoms with Crippen molar-refractivity contribution in [1.29, 1.82) is 0 Å². The van der Waals surface area contributed by atoms with E-state index < -0.39 is 0 Å². The van der Waals surface area contributed by atoms with E-state index in [4.69, 9.17) is 10.5 Å². The number of rotatable bonds is 4. The minimum absolute atomic E-state index is 0.568. The van der Waals surface area contributed by atoms with Crippen molar-refractivity contribution in [1.82, 2.24) is 0 Å². The normalized spacial score (nSPS) is 10.9. The fourth-order valence-corrected chi connectivity index (χ4v) is 1.11. The van der Waals surface area contributed by atoms with Crippen LogP contribution in [0.2, 0.25) is 0 Å². The molecule has 0 aromatic heterocycles. The maximum atomic E-state index is 5.75. The molecule has 1 rings (SSSR count). The van der Waals surface area contributed by atoms with E-state index in [1.165, 1.54) is 0 Å². The van der Waals surface area contributed by atoms with E-state index in [2.05, 4.69) is 0 Å². The number of benzene rings is 1. The fourth-order valence-electron chi connectivity index (χ4n) is 1.11. The van der Waals surface area contributed by atoms with Crippen LogP contribution >= 0.6 is 0 Å². The molecule has 2 N–H and O–H groups in total. The number of hydrogen-bond donors (Lipinski definition) is 1. The Morgan fingerprint density at radius 1 is 1.29 bits per heavy atom. The van der Waals surface area contributed by atoms with Crippen LogP contribution in [-0.4, -0.2) is 6.61 Å². The smallest absolute Gasteiger partial charge is 0.142 e. The van der Waals surface area contributed by atoms with E-state index >= 15 is 0 Å². The number of anilines is 1. The summed E-state index contributed by atoms with van der Waals surface area (Å²) in [5, 5.41) is 0. The molecule has 0 amide bonds. The van der Waals surface area contributed by atoms with Gasteiger partial charge < -0.3 is 10.5 Å². The van der Waals surface area contributed by atoms with Gasteiger partial charge in [0.05, 0.1) is 5.69 Å². The first-order chi connectivity index (χ1) is 8.24. The van der Waals surface area contributed by atoms with Crippen LogP contribution in [0.15, 0.2) is 48.1 Å². The Morgan fingerprint density at radius 3 is 2.53 bits per heavy atom. The van der Waals surface area contributed by atoms with Gasteiger partial charge >= 0.3 is 0 Å². The Kier molecular flexibility index (Phi) is 8.57. The summed E-state index contributed by atoms with van der Waals surface area (Å²) in [5.74, 6) is 0.741. The molecule has 0 saturated heterocycles. The fraction of sp³-hybridized carbons (Fsp3) is 0.333. The van der Waals surface area contributed by atoms with E-state index in [9.17, 15) is 0 Å². The van der Waals surface area contributed by atoms with E-state index in [0.29, 0.717) is 12.3 Å². The third-order valence-corrected chi connectivity index (χ3v) is 1.95. The molecule has 0 atom stereocenters. The van der Waals surface area contributed by atoms with Gasteiger partial charge in [-0.3, -0.25) is 0 Å². The second kappa shape index (κ2) is 9.52. The second-order valence-electron chi connectivity index (χ2n) is 3.37. The number of hydrogen-bond acceptors (Lipinski definition) is 2. The molecule has 94 valence electrons. The van der Waals surface area contributed by atoms with Crippen LogP contribution in [-0.2, 0) is 0 Å². The Bertz CT molecular complexity index is 367. The van der Waals surface area contributed by atoms with E-state index in [1.807, 2.05) is 70.2 Å². The summed E-state index contributed by atoms with van der Waals surface area (Å²) in [4.78, 5) is 0. The molecule has 0 saturated carbocycles. The Morgan fingerprint density at radius 2 is 1.94 bits per heavy atom. The first-order valence-electron chi connectivity index (χ1n) is 6.00. The molecule has 0 radical (unpaired) electrons. The standard InChI is InChI=1S/C13H17NO.C2H6/c1-3-4-7-11(2)10-15-13-9-6-5-8-12(13)14;1-2/h3-9H,10,14H2,1-2H3;1-2H3/b4-3-,11-7+;. The van der Waals surface area contributed by atoms with Crippen LogP contribution in [0, 0.1) is 0 Å². The Hall–Kier alpha value is -1.70. The highest BCUT2D eigenvalue weighted by Crippen LogP contribution is 2.20. The summed E-state index contributed by atoms with van der Waals surface area (Å²) in [7, 11) is 0. The van der Waals surface area contributed by atoms with Crippen molar-refractivity contribution in [3.63, 3.8) is 0 Å². The summed E-state index contributed by atoms with van der Waals surface area (Å²) >= 11 is 0. The van der Waals surface area contributed by atoms with Gasteiger partial charge in [-0.1, -0.05) is 44.2 Å². The zero-order valence-electron chi connectivity index (χ0n) is 11.2. The van der Waals surface area contributed by atoms with E-state index in [0.717, 1.165) is 11.3 Å². The lowest BCUT2D eigenvalue weighted by Crippen LogP contribution is -2.00. The number of para-hydroxylation sites is 2. The van der Waals surface area contributed by atoms with Crippen LogP contribution in [0.5, 0.6) is 5.75 Å². The van der Waals surface area contributed by atoms with E-state index in [1.54, 1.807) is 0 Å². The van der Waals surface area contributed by atoms with Crippen molar-refractivity contribution >= 4 is 5.69 Å². The largest absolute Gasteiger partial charge is 0.487 e. The molecule has 0 bridgehead atoms. The molecule has 1 aromatic carbocycles. The topological polar surface area (TPSA) is 35.2 Å². The van der Waals surface area contributed by atoms with Gasteiger partial charge in [-0.15, -0.1) is 0 Å². The van der Waals surface area contributed by atoms with Crippen molar-refractivity contribution in [2.24, 2.45) is 0 Å². The lowest BCUT2D eigenvalue weighted by Gasteiger charge is -2.08. The van der Waals surface area contributed by atoms with Gasteiger partial charge in [-0.25, -0.2) is 0 Å². The molecule has 0 fully saturated rings. The minimum Gasteiger partial charge on any atom is -0.487 e. The predicted octanol–water partition coefficient (Wildman–Crippen LogP) is 4.20. The first-order valence-corrected chi connectivity index (χ1v) is 6.00. The Balaban J connectivity index is 0.00000121. The van der Waals surface area contributed by atoms with Gasteiger partial charge in [0.1, 0.15) is 12.4 Å². The lowest BCUT2D eigenvalue weighted by atomic mass is 10.3. The average Bonchev–Trinajstić information content (AvgIpc) is 2.38. The highest BCUT2D eigenvalue weighted by atomic mass is 16.5. The highest BCUT2D eigenvalue weighted by molar-refractivity contribution is 5.51. The lowest BCUT2D eigenvalue weighted by molar-refractivity contribution is 0.354. The molecule has 17 heavy (non-hydrogen) atoms. The van der Waals surface area contributed by atoms with Crippen LogP contribution in [0.3, 0.4) is 0 Å². The molecule has 0 unspecified atom stereocenters. The average molecular weight is 233 g/mol. The van der Waals surface area contributed by atoms with Gasteiger partial charge in [-0.05, 0) is 31.6 Å². The monoisotopic (exact) mass is 233 g/mol. The van der Waals surface area contributed by atoms with Gasteiger partial charge in [0.15, 0.2) is 0 Å². The maximum absolute atomic E-state index is 5.75. The van der Waals surface area contributed by atoms with Crippen LogP contribution in [0.25, 0.3) is 0 Å². The van der Waals surface area contributed by atoms with Gasteiger partial charge in [0.2, 0.25) is 0 Å². The Labute approximate surface area is 105 Å². The molecule has 0 aliphatic carbocycles. The SMILES string of the molecule is C/C=C\C=C(/C)COc1ccccc1N.CC. The van der Waals surface area contributed by atoms with Crippen molar-refractivity contribution in [2.75, 3.05) is 12.3 Å². The summed E-state index contributed by atoms with van der Waals surface area (Å²) < 4.78 is 5.57. The quantitative estimate of drug-likeness (QED) is 0.625. The molecule has 2 heteroatoms. The van der Waals surface area contributed by atoms with Crippen molar-refractivity contribution in [3.8, 4) is 5.75 Å². The van der Waals surface area contributed by atoms with Gasteiger partial charge in [-0.2, -0.15) is 0 Å². The van der Waals surface area contributed by atoms with Crippen molar-refractivity contribution < 1.29 is 4.74 Å². The van der Waals surface area contributed by atoms with E-state index in [-0.39, 0.29) is 0 Å². The predicted molar refractivity (Wildman–Crippen MR) is 76.3 cm³/mol. The van der Waals surface area contributed by atoms with Crippen LogP contribution in [0.4, 0.5) is 5.69 Å². The number of ether oxygens (including phenoxy) is 1. The maximum Gasteiger partial charge on any atom is 0.142 e. The van der Waals surface area contributed by atoms with Crippen molar-refractivity contribution in [2.45, 2.75) is 27.7 Å². The third-order valence-electron chi connectivity index (χ3n) is 1.95. The molecule has 0 spiro atoms. The molecule has 0 aliphatic rings. The van der Waals surface area contributed by atoms with Crippen LogP contribution < -0.4 is 10.5 Å². The molecule has 1 aromatic rings. The van der Waals surface area contributed by atoms with Crippen LogP contribution in [0.1, 0.15) is 27.7 Å². The molecule has 0 heterocycles. The van der Waals surface area contributed by atoms with Gasteiger partial charge in [0.25, 0.3) is 0 Å². The third kappa shape index (κ3) is 6.46. The number of allylic oxidation sites excluding steroid dienone is 3. The molecular formula is C15H23NO. The zero-order valence-corrected chi connectivity index (χ0v) is 11.2. The first kappa shape index (κ1) is 15.3. The second-order valence-corrected chi connectivity index (χ2v) is 3.37. The van der Waals surface area contributed by atoms with Crippen molar-refractivity contribution in [3.05, 3.63) is 48.1 Å². The number of nitrogens with two attached hydrogens (primary N) is 1. The summed E-state index contributed by atoms with van der Waals surface area (Å²) in [6.45, 7) is 8.58. The molecule has 2 nitrogen and oxygen atoms in total. The highest BCUT2D eigenvalue weighted by Gasteiger charge is 1.97.